The molecule has 6 nitrogen and oxygen atoms in total. The van der Waals surface area contributed by atoms with Crippen molar-refractivity contribution in [1.29, 1.82) is 0 Å². The van der Waals surface area contributed by atoms with Gasteiger partial charge in [0.1, 0.15) is 5.60 Å². The number of amides is 1. The number of aryl methyl sites for hydroxylation is 1. The first-order chi connectivity index (χ1) is 10.6. The van der Waals surface area contributed by atoms with Crippen molar-refractivity contribution < 1.29 is 18.8 Å². The number of halogens is 1. The molecule has 0 heterocycles. The molecule has 0 atom stereocenters. The van der Waals surface area contributed by atoms with Crippen molar-refractivity contribution in [1.82, 2.24) is 5.32 Å². The third-order valence-electron chi connectivity index (χ3n) is 2.81. The molecule has 0 radical (unpaired) electrons. The second kappa shape index (κ2) is 7.71. The summed E-state index contributed by atoms with van der Waals surface area (Å²) in [5.41, 5.74) is 0.0823. The quantitative estimate of drug-likeness (QED) is 0.505. The number of benzene rings is 1. The molecule has 1 aromatic carbocycles. The molecule has 0 unspecified atom stereocenters. The molecule has 0 spiro atoms. The van der Waals surface area contributed by atoms with Gasteiger partial charge in [0.15, 0.2) is 0 Å². The Bertz CT molecular complexity index is 621. The second-order valence-corrected chi connectivity index (χ2v) is 6.04. The van der Waals surface area contributed by atoms with Gasteiger partial charge < -0.3 is 10.1 Å². The van der Waals surface area contributed by atoms with Crippen LogP contribution in [0.15, 0.2) is 18.2 Å². The van der Waals surface area contributed by atoms with E-state index in [1.807, 2.05) is 0 Å². The first kappa shape index (κ1) is 18.6. The van der Waals surface area contributed by atoms with Crippen LogP contribution in [0.3, 0.4) is 0 Å². The number of carbonyl (C=O) groups excluding carboxylic acids is 1. The molecule has 0 saturated carbocycles. The Morgan fingerprint density at radius 3 is 2.65 bits per heavy atom. The molecular formula is C16H21FN2O4. The van der Waals surface area contributed by atoms with E-state index in [2.05, 4.69) is 5.32 Å². The van der Waals surface area contributed by atoms with Crippen LogP contribution < -0.4 is 5.32 Å². The van der Waals surface area contributed by atoms with Crippen molar-refractivity contribution >= 4 is 17.9 Å². The fourth-order valence-corrected chi connectivity index (χ4v) is 1.78. The van der Waals surface area contributed by atoms with Gasteiger partial charge in [-0.2, -0.15) is 4.39 Å². The van der Waals surface area contributed by atoms with E-state index in [-0.39, 0.29) is 0 Å². The molecule has 0 aromatic heterocycles. The van der Waals surface area contributed by atoms with Crippen LogP contribution in [0.25, 0.3) is 6.08 Å². The maximum Gasteiger partial charge on any atom is 0.407 e. The summed E-state index contributed by atoms with van der Waals surface area (Å²) in [5, 5.41) is 13.2. The maximum atomic E-state index is 13.6. The van der Waals surface area contributed by atoms with Gasteiger partial charge in [0.2, 0.25) is 5.82 Å². The Balaban J connectivity index is 2.54. The lowest BCUT2D eigenvalue weighted by molar-refractivity contribution is -0.387. The molecule has 0 aliphatic rings. The van der Waals surface area contributed by atoms with Crippen LogP contribution in [0.4, 0.5) is 14.9 Å². The van der Waals surface area contributed by atoms with E-state index >= 15 is 0 Å². The van der Waals surface area contributed by atoms with Crippen LogP contribution in [-0.2, 0) is 4.74 Å². The number of nitrogens with one attached hydrogen (secondary N) is 1. The van der Waals surface area contributed by atoms with Gasteiger partial charge in [-0.15, -0.1) is 0 Å². The topological polar surface area (TPSA) is 81.5 Å². The van der Waals surface area contributed by atoms with Gasteiger partial charge in [-0.05, 0) is 51.3 Å². The lowest BCUT2D eigenvalue weighted by Crippen LogP contribution is -2.32. The number of alkyl carbamates (subject to hydrolysis) is 1. The van der Waals surface area contributed by atoms with Gasteiger partial charge in [-0.25, -0.2) is 4.79 Å². The Hall–Kier alpha value is -2.44. The highest BCUT2D eigenvalue weighted by molar-refractivity contribution is 5.67. The van der Waals surface area contributed by atoms with Crippen molar-refractivity contribution in [2.24, 2.45) is 0 Å². The van der Waals surface area contributed by atoms with E-state index in [4.69, 9.17) is 4.74 Å². The van der Waals surface area contributed by atoms with Crippen molar-refractivity contribution in [3.63, 3.8) is 0 Å². The first-order valence-electron chi connectivity index (χ1n) is 7.18. The zero-order chi connectivity index (χ0) is 17.6. The zero-order valence-electron chi connectivity index (χ0n) is 13.7. The van der Waals surface area contributed by atoms with Crippen molar-refractivity contribution in [2.45, 2.75) is 39.7 Å². The summed E-state index contributed by atoms with van der Waals surface area (Å²) >= 11 is 0. The minimum atomic E-state index is -0.868. The number of rotatable bonds is 5. The van der Waals surface area contributed by atoms with E-state index < -0.39 is 28.1 Å². The summed E-state index contributed by atoms with van der Waals surface area (Å²) in [6.07, 6.45) is 3.45. The molecule has 1 aromatic rings. The molecular weight excluding hydrogens is 303 g/mol. The van der Waals surface area contributed by atoms with Crippen LogP contribution in [0.2, 0.25) is 0 Å². The largest absolute Gasteiger partial charge is 0.444 e. The number of nitro benzene ring substituents is 1. The number of hydrogen-bond acceptors (Lipinski definition) is 4. The molecule has 126 valence electrons. The number of nitro groups is 1. The highest BCUT2D eigenvalue weighted by Crippen LogP contribution is 2.22. The number of nitrogens with zero attached hydrogens (tertiary/aromatic N) is 1. The van der Waals surface area contributed by atoms with Crippen LogP contribution in [0, 0.1) is 22.9 Å². The third kappa shape index (κ3) is 6.46. The highest BCUT2D eigenvalue weighted by atomic mass is 19.1. The number of carbonyl (C=O) groups is 1. The van der Waals surface area contributed by atoms with Crippen molar-refractivity contribution in [3.05, 3.63) is 45.3 Å². The smallest absolute Gasteiger partial charge is 0.407 e. The monoisotopic (exact) mass is 324 g/mol. The summed E-state index contributed by atoms with van der Waals surface area (Å²) in [7, 11) is 0. The highest BCUT2D eigenvalue weighted by Gasteiger charge is 2.16. The summed E-state index contributed by atoms with van der Waals surface area (Å²) in [6, 6.07) is 2.33. The summed E-state index contributed by atoms with van der Waals surface area (Å²) in [4.78, 5) is 21.3. The lowest BCUT2D eigenvalue weighted by Gasteiger charge is -2.19. The Morgan fingerprint density at radius 1 is 1.43 bits per heavy atom. The van der Waals surface area contributed by atoms with Gasteiger partial charge in [0.05, 0.1) is 4.92 Å². The molecule has 1 rings (SSSR count). The Kier molecular flexibility index (Phi) is 6.24. The van der Waals surface area contributed by atoms with Crippen molar-refractivity contribution in [3.8, 4) is 0 Å². The maximum absolute atomic E-state index is 13.6. The molecule has 0 bridgehead atoms. The zero-order valence-corrected chi connectivity index (χ0v) is 13.7. The van der Waals surface area contributed by atoms with Crippen LogP contribution >= 0.6 is 0 Å². The molecule has 7 heteroatoms. The SMILES string of the molecule is Cc1cc([N+](=O)[O-])c(F)cc1C=CCCNC(=O)OC(C)(C)C. The summed E-state index contributed by atoms with van der Waals surface area (Å²) in [6.45, 7) is 7.38. The molecule has 0 fully saturated rings. The normalized spacial score (nSPS) is 11.5. The minimum Gasteiger partial charge on any atom is -0.444 e. The summed E-state index contributed by atoms with van der Waals surface area (Å²) < 4.78 is 18.7. The molecule has 23 heavy (non-hydrogen) atoms. The molecule has 0 saturated heterocycles. The van der Waals surface area contributed by atoms with E-state index in [9.17, 15) is 19.3 Å². The van der Waals surface area contributed by atoms with Gasteiger partial charge in [-0.1, -0.05) is 12.2 Å². The summed E-state index contributed by atoms with van der Waals surface area (Å²) in [5.74, 6) is -0.868. The fraction of sp³-hybridized carbons (Fsp3) is 0.438. The van der Waals surface area contributed by atoms with Crippen LogP contribution in [0.1, 0.15) is 38.3 Å². The predicted molar refractivity (Wildman–Crippen MR) is 85.7 cm³/mol. The molecule has 1 N–H and O–H groups in total. The van der Waals surface area contributed by atoms with E-state index in [1.165, 1.54) is 6.07 Å². The van der Waals surface area contributed by atoms with Crippen LogP contribution in [0.5, 0.6) is 0 Å². The van der Waals surface area contributed by atoms with E-state index in [0.717, 1.165) is 6.07 Å². The van der Waals surface area contributed by atoms with Gasteiger partial charge in [0, 0.05) is 12.6 Å². The minimum absolute atomic E-state index is 0.375. The predicted octanol–water partition coefficient (Wildman–Crippen LogP) is 3.97. The van der Waals surface area contributed by atoms with Gasteiger partial charge in [-0.3, -0.25) is 10.1 Å². The standard InChI is InChI=1S/C16H21FN2O4/c1-11-9-14(19(21)22)13(17)10-12(11)7-5-6-8-18-15(20)23-16(2,3)4/h5,7,9-10H,6,8H2,1-4H3,(H,18,20). The van der Waals surface area contributed by atoms with Crippen molar-refractivity contribution in [2.75, 3.05) is 6.54 Å². The first-order valence-corrected chi connectivity index (χ1v) is 7.18. The second-order valence-electron chi connectivity index (χ2n) is 6.04. The number of hydrogen-bond donors (Lipinski definition) is 1. The Labute approximate surface area is 134 Å². The fourth-order valence-electron chi connectivity index (χ4n) is 1.78. The average molecular weight is 324 g/mol. The van der Waals surface area contributed by atoms with E-state index in [1.54, 1.807) is 39.8 Å². The van der Waals surface area contributed by atoms with Gasteiger partial charge >= 0.3 is 11.8 Å². The number of ether oxygens (including phenoxy) is 1. The van der Waals surface area contributed by atoms with E-state index in [0.29, 0.717) is 24.1 Å². The van der Waals surface area contributed by atoms with Gasteiger partial charge in [0.25, 0.3) is 0 Å². The third-order valence-corrected chi connectivity index (χ3v) is 2.81. The molecule has 0 aliphatic carbocycles. The lowest BCUT2D eigenvalue weighted by atomic mass is 10.1. The Morgan fingerprint density at radius 2 is 2.09 bits per heavy atom. The molecule has 1 amide bonds. The van der Waals surface area contributed by atoms with Crippen LogP contribution in [-0.4, -0.2) is 23.2 Å². The molecule has 0 aliphatic heterocycles. The average Bonchev–Trinajstić information content (AvgIpc) is 2.39.